The summed E-state index contributed by atoms with van der Waals surface area (Å²) in [6, 6.07) is 0. The lowest BCUT2D eigenvalue weighted by Gasteiger charge is -2.42. The molecule has 0 aromatic rings. The fourth-order valence-electron chi connectivity index (χ4n) is 1.69. The summed E-state index contributed by atoms with van der Waals surface area (Å²) in [6.07, 6.45) is 0.670. The van der Waals surface area contributed by atoms with E-state index in [2.05, 4.69) is 24.1 Å². The van der Waals surface area contributed by atoms with Crippen molar-refractivity contribution in [2.24, 2.45) is 0 Å². The van der Waals surface area contributed by atoms with Crippen molar-refractivity contribution in [1.82, 2.24) is 10.2 Å². The Kier molecular flexibility index (Phi) is 3.47. The van der Waals surface area contributed by atoms with E-state index in [0.29, 0.717) is 6.42 Å². The highest BCUT2D eigenvalue weighted by Gasteiger charge is 2.28. The highest BCUT2D eigenvalue weighted by Crippen LogP contribution is 2.15. The molecule has 0 bridgehead atoms. The first kappa shape index (κ1) is 9.93. The number of halogens is 1. The Morgan fingerprint density at radius 2 is 2.25 bits per heavy atom. The second kappa shape index (κ2) is 4.19. The summed E-state index contributed by atoms with van der Waals surface area (Å²) >= 11 is 0. The van der Waals surface area contributed by atoms with E-state index in [1.807, 2.05) is 0 Å². The lowest BCUT2D eigenvalue weighted by molar-refractivity contribution is 0.0872. The van der Waals surface area contributed by atoms with Gasteiger partial charge < -0.3 is 5.32 Å². The zero-order valence-electron chi connectivity index (χ0n) is 8.07. The normalized spacial score (nSPS) is 24.2. The molecule has 1 saturated heterocycles. The number of rotatable bonds is 3. The van der Waals surface area contributed by atoms with Crippen molar-refractivity contribution in [3.63, 3.8) is 0 Å². The summed E-state index contributed by atoms with van der Waals surface area (Å²) in [7, 11) is 0. The molecule has 0 amide bonds. The molecule has 1 aliphatic heterocycles. The SMILES string of the molecule is CC1(C)CNCCN1CCCF. The Balaban J connectivity index is 2.37. The number of hydrogen-bond donors (Lipinski definition) is 1. The predicted octanol–water partition coefficient (Wildman–Crippen LogP) is 1.03. The summed E-state index contributed by atoms with van der Waals surface area (Å²) in [5, 5.41) is 3.35. The average molecular weight is 174 g/mol. The highest BCUT2D eigenvalue weighted by molar-refractivity contribution is 4.87. The van der Waals surface area contributed by atoms with Crippen LogP contribution in [-0.4, -0.2) is 43.3 Å². The maximum Gasteiger partial charge on any atom is 0.0906 e. The van der Waals surface area contributed by atoms with Gasteiger partial charge in [-0.2, -0.15) is 0 Å². The number of piperazine rings is 1. The minimum absolute atomic E-state index is 0.194. The molecule has 0 saturated carbocycles. The standard InChI is InChI=1S/C9H19FN2/c1-9(2)8-11-5-7-12(9)6-3-4-10/h11H,3-8H2,1-2H3. The molecule has 0 radical (unpaired) electrons. The van der Waals surface area contributed by atoms with Gasteiger partial charge in [0.25, 0.3) is 0 Å². The zero-order chi connectivity index (χ0) is 9.03. The first-order chi connectivity index (χ1) is 5.67. The van der Waals surface area contributed by atoms with Gasteiger partial charge in [-0.1, -0.05) is 0 Å². The van der Waals surface area contributed by atoms with Crippen LogP contribution in [-0.2, 0) is 0 Å². The first-order valence-electron chi connectivity index (χ1n) is 4.68. The summed E-state index contributed by atoms with van der Waals surface area (Å²) in [5.41, 5.74) is 0.202. The van der Waals surface area contributed by atoms with E-state index in [-0.39, 0.29) is 12.2 Å². The third kappa shape index (κ3) is 2.42. The Hall–Kier alpha value is -0.150. The van der Waals surface area contributed by atoms with Crippen LogP contribution in [0.3, 0.4) is 0 Å². The average Bonchev–Trinajstić information content (AvgIpc) is 2.02. The molecule has 0 spiro atoms. The Morgan fingerprint density at radius 1 is 1.50 bits per heavy atom. The second-order valence-electron chi connectivity index (χ2n) is 4.02. The maximum absolute atomic E-state index is 12.0. The van der Waals surface area contributed by atoms with Crippen LogP contribution >= 0.6 is 0 Å². The van der Waals surface area contributed by atoms with Crippen LogP contribution < -0.4 is 5.32 Å². The van der Waals surface area contributed by atoms with Crippen LogP contribution in [0, 0.1) is 0 Å². The van der Waals surface area contributed by atoms with E-state index in [4.69, 9.17) is 0 Å². The molecule has 0 unspecified atom stereocenters. The monoisotopic (exact) mass is 174 g/mol. The number of alkyl halides is 1. The topological polar surface area (TPSA) is 15.3 Å². The van der Waals surface area contributed by atoms with E-state index >= 15 is 0 Å². The molecule has 72 valence electrons. The summed E-state index contributed by atoms with van der Waals surface area (Å²) in [5.74, 6) is 0. The smallest absolute Gasteiger partial charge is 0.0906 e. The predicted molar refractivity (Wildman–Crippen MR) is 49.1 cm³/mol. The number of nitrogens with zero attached hydrogens (tertiary/aromatic N) is 1. The fourth-order valence-corrected chi connectivity index (χ4v) is 1.69. The van der Waals surface area contributed by atoms with Gasteiger partial charge in [0.2, 0.25) is 0 Å². The third-order valence-corrected chi connectivity index (χ3v) is 2.53. The van der Waals surface area contributed by atoms with E-state index in [0.717, 1.165) is 26.2 Å². The minimum Gasteiger partial charge on any atom is -0.314 e. The van der Waals surface area contributed by atoms with Crippen LogP contribution in [0.5, 0.6) is 0 Å². The number of hydrogen-bond acceptors (Lipinski definition) is 2. The Labute approximate surface area is 74.1 Å². The molecular weight excluding hydrogens is 155 g/mol. The first-order valence-corrected chi connectivity index (χ1v) is 4.68. The molecule has 1 aliphatic rings. The van der Waals surface area contributed by atoms with Gasteiger partial charge in [-0.05, 0) is 20.3 Å². The molecule has 2 nitrogen and oxygen atoms in total. The van der Waals surface area contributed by atoms with Crippen molar-refractivity contribution in [3.05, 3.63) is 0 Å². The minimum atomic E-state index is -0.194. The Morgan fingerprint density at radius 3 is 2.83 bits per heavy atom. The van der Waals surface area contributed by atoms with Gasteiger partial charge in [0.1, 0.15) is 0 Å². The molecule has 1 rings (SSSR count). The highest BCUT2D eigenvalue weighted by atomic mass is 19.1. The second-order valence-corrected chi connectivity index (χ2v) is 4.02. The van der Waals surface area contributed by atoms with Crippen LogP contribution in [0.25, 0.3) is 0 Å². The molecule has 3 heteroatoms. The van der Waals surface area contributed by atoms with Gasteiger partial charge in [-0.15, -0.1) is 0 Å². The van der Waals surface area contributed by atoms with Gasteiger partial charge in [-0.3, -0.25) is 9.29 Å². The number of nitrogens with one attached hydrogen (secondary N) is 1. The van der Waals surface area contributed by atoms with Crippen molar-refractivity contribution in [2.75, 3.05) is 32.9 Å². The molecule has 0 aromatic carbocycles. The van der Waals surface area contributed by atoms with Crippen LogP contribution in [0.4, 0.5) is 4.39 Å². The third-order valence-electron chi connectivity index (χ3n) is 2.53. The molecule has 1 fully saturated rings. The summed E-state index contributed by atoms with van der Waals surface area (Å²) in [6.45, 7) is 8.21. The largest absolute Gasteiger partial charge is 0.314 e. The quantitative estimate of drug-likeness (QED) is 0.687. The fraction of sp³-hybridized carbons (Fsp3) is 1.00. The molecule has 0 aliphatic carbocycles. The van der Waals surface area contributed by atoms with Crippen molar-refractivity contribution in [2.45, 2.75) is 25.8 Å². The van der Waals surface area contributed by atoms with Crippen LogP contribution in [0.1, 0.15) is 20.3 Å². The molecule has 1 N–H and O–H groups in total. The lowest BCUT2D eigenvalue weighted by Crippen LogP contribution is -2.58. The zero-order valence-corrected chi connectivity index (χ0v) is 8.07. The van der Waals surface area contributed by atoms with Crippen molar-refractivity contribution >= 4 is 0 Å². The maximum atomic E-state index is 12.0. The molecular formula is C9H19FN2. The molecule has 1 heterocycles. The van der Waals surface area contributed by atoms with Gasteiger partial charge in [0.05, 0.1) is 6.67 Å². The van der Waals surface area contributed by atoms with Gasteiger partial charge in [-0.25, -0.2) is 0 Å². The van der Waals surface area contributed by atoms with Gasteiger partial charge in [0.15, 0.2) is 0 Å². The van der Waals surface area contributed by atoms with Crippen LogP contribution in [0.2, 0.25) is 0 Å². The Bertz CT molecular complexity index is 136. The van der Waals surface area contributed by atoms with E-state index in [1.165, 1.54) is 0 Å². The van der Waals surface area contributed by atoms with E-state index in [9.17, 15) is 4.39 Å². The van der Waals surface area contributed by atoms with E-state index < -0.39 is 0 Å². The lowest BCUT2D eigenvalue weighted by atomic mass is 10.00. The van der Waals surface area contributed by atoms with Crippen molar-refractivity contribution in [3.8, 4) is 0 Å². The van der Waals surface area contributed by atoms with E-state index in [1.54, 1.807) is 0 Å². The molecule has 12 heavy (non-hydrogen) atoms. The molecule has 0 atom stereocenters. The molecule has 0 aromatic heterocycles. The van der Waals surface area contributed by atoms with Crippen LogP contribution in [0.15, 0.2) is 0 Å². The summed E-state index contributed by atoms with van der Waals surface area (Å²) in [4.78, 5) is 2.36. The van der Waals surface area contributed by atoms with Gasteiger partial charge >= 0.3 is 0 Å². The van der Waals surface area contributed by atoms with Crippen molar-refractivity contribution in [1.29, 1.82) is 0 Å². The van der Waals surface area contributed by atoms with Crippen molar-refractivity contribution < 1.29 is 4.39 Å². The van der Waals surface area contributed by atoms with Gasteiger partial charge in [0, 0.05) is 31.7 Å². The summed E-state index contributed by atoms with van der Waals surface area (Å²) < 4.78 is 12.0.